The smallest absolute Gasteiger partial charge is 0.0327 e. The van der Waals surface area contributed by atoms with Gasteiger partial charge in [0.15, 0.2) is 0 Å². The van der Waals surface area contributed by atoms with Crippen molar-refractivity contribution in [2.24, 2.45) is 0 Å². The predicted octanol–water partition coefficient (Wildman–Crippen LogP) is 2.74. The second-order valence-electron chi connectivity index (χ2n) is 3.97. The van der Waals surface area contributed by atoms with Gasteiger partial charge >= 0.3 is 0 Å². The molecule has 2 heterocycles. The number of hydrogen-bond donors (Lipinski definition) is 2. The standard InChI is InChI=1S/C11H17BrN2S/c12-10-4-6-15-11(10)8-13-7-9-3-1-2-5-14-9/h4,6,9,13-14H,1-3,5,7-8H2. The van der Waals surface area contributed by atoms with Crippen LogP contribution in [0.3, 0.4) is 0 Å². The van der Waals surface area contributed by atoms with Crippen LogP contribution in [0.15, 0.2) is 15.9 Å². The molecule has 2 rings (SSSR count). The minimum atomic E-state index is 0.678. The maximum absolute atomic E-state index is 3.55. The highest BCUT2D eigenvalue weighted by molar-refractivity contribution is 9.10. The van der Waals surface area contributed by atoms with Crippen LogP contribution in [0.2, 0.25) is 0 Å². The van der Waals surface area contributed by atoms with Gasteiger partial charge in [0.25, 0.3) is 0 Å². The summed E-state index contributed by atoms with van der Waals surface area (Å²) in [6.07, 6.45) is 4.04. The van der Waals surface area contributed by atoms with Crippen LogP contribution in [-0.2, 0) is 6.54 Å². The third kappa shape index (κ3) is 3.55. The molecule has 0 bridgehead atoms. The fourth-order valence-electron chi connectivity index (χ4n) is 1.91. The van der Waals surface area contributed by atoms with Crippen LogP contribution >= 0.6 is 27.3 Å². The van der Waals surface area contributed by atoms with Gasteiger partial charge in [-0.25, -0.2) is 0 Å². The zero-order valence-electron chi connectivity index (χ0n) is 8.76. The van der Waals surface area contributed by atoms with Gasteiger partial charge in [0.1, 0.15) is 0 Å². The van der Waals surface area contributed by atoms with E-state index in [2.05, 4.69) is 38.0 Å². The Balaban J connectivity index is 1.68. The number of thiophene rings is 1. The van der Waals surface area contributed by atoms with Gasteiger partial charge < -0.3 is 10.6 Å². The summed E-state index contributed by atoms with van der Waals surface area (Å²) in [7, 11) is 0. The van der Waals surface area contributed by atoms with Gasteiger partial charge in [-0.3, -0.25) is 0 Å². The third-order valence-electron chi connectivity index (χ3n) is 2.78. The molecule has 1 atom stereocenters. The number of halogens is 1. The first-order valence-electron chi connectivity index (χ1n) is 5.52. The normalized spacial score (nSPS) is 21.8. The van der Waals surface area contributed by atoms with Crippen molar-refractivity contribution in [3.05, 3.63) is 20.8 Å². The summed E-state index contributed by atoms with van der Waals surface area (Å²) in [5.74, 6) is 0. The largest absolute Gasteiger partial charge is 0.313 e. The lowest BCUT2D eigenvalue weighted by molar-refractivity contribution is 0.383. The first-order chi connectivity index (χ1) is 7.36. The van der Waals surface area contributed by atoms with Crippen molar-refractivity contribution >= 4 is 27.3 Å². The first-order valence-corrected chi connectivity index (χ1v) is 7.19. The van der Waals surface area contributed by atoms with Crippen LogP contribution in [-0.4, -0.2) is 19.1 Å². The van der Waals surface area contributed by atoms with Gasteiger partial charge in [0, 0.05) is 28.5 Å². The molecule has 0 spiro atoms. The molecule has 1 unspecified atom stereocenters. The Morgan fingerprint density at radius 2 is 2.47 bits per heavy atom. The molecule has 2 N–H and O–H groups in total. The van der Waals surface area contributed by atoms with Crippen molar-refractivity contribution in [3.63, 3.8) is 0 Å². The Labute approximate surface area is 104 Å². The molecule has 0 aromatic carbocycles. The van der Waals surface area contributed by atoms with E-state index in [0.717, 1.165) is 13.1 Å². The van der Waals surface area contributed by atoms with Gasteiger partial charge in [0.2, 0.25) is 0 Å². The van der Waals surface area contributed by atoms with E-state index in [1.54, 1.807) is 11.3 Å². The molecule has 15 heavy (non-hydrogen) atoms. The van der Waals surface area contributed by atoms with Crippen molar-refractivity contribution in [2.45, 2.75) is 31.8 Å². The molecule has 1 fully saturated rings. The molecule has 0 aliphatic carbocycles. The lowest BCUT2D eigenvalue weighted by Gasteiger charge is -2.23. The Bertz CT molecular complexity index is 295. The van der Waals surface area contributed by atoms with Crippen LogP contribution in [0.4, 0.5) is 0 Å². The van der Waals surface area contributed by atoms with Gasteiger partial charge in [-0.15, -0.1) is 11.3 Å². The maximum Gasteiger partial charge on any atom is 0.0327 e. The Kier molecular flexibility index (Phi) is 4.62. The molecular weight excluding hydrogens is 272 g/mol. The summed E-state index contributed by atoms with van der Waals surface area (Å²) in [6.45, 7) is 3.26. The van der Waals surface area contributed by atoms with E-state index in [1.165, 1.54) is 35.2 Å². The highest BCUT2D eigenvalue weighted by atomic mass is 79.9. The quantitative estimate of drug-likeness (QED) is 0.890. The zero-order chi connectivity index (χ0) is 10.5. The number of rotatable bonds is 4. The number of piperidine rings is 1. The number of hydrogen-bond acceptors (Lipinski definition) is 3. The molecule has 0 radical (unpaired) electrons. The van der Waals surface area contributed by atoms with Crippen molar-refractivity contribution in [3.8, 4) is 0 Å². The molecule has 1 aliphatic rings. The Hall–Kier alpha value is 0.1000. The molecule has 2 nitrogen and oxygen atoms in total. The van der Waals surface area contributed by atoms with Crippen LogP contribution in [0.1, 0.15) is 24.1 Å². The minimum absolute atomic E-state index is 0.678. The van der Waals surface area contributed by atoms with Gasteiger partial charge in [-0.1, -0.05) is 6.42 Å². The second-order valence-corrected chi connectivity index (χ2v) is 5.82. The molecule has 1 aromatic rings. The van der Waals surface area contributed by atoms with E-state index >= 15 is 0 Å². The van der Waals surface area contributed by atoms with E-state index in [9.17, 15) is 0 Å². The summed E-state index contributed by atoms with van der Waals surface area (Å²) in [5, 5.41) is 9.18. The van der Waals surface area contributed by atoms with Crippen molar-refractivity contribution in [1.82, 2.24) is 10.6 Å². The second kappa shape index (κ2) is 5.99. The van der Waals surface area contributed by atoms with E-state index in [4.69, 9.17) is 0 Å². The lowest BCUT2D eigenvalue weighted by atomic mass is 10.1. The summed E-state index contributed by atoms with van der Waals surface area (Å²) in [4.78, 5) is 1.39. The SMILES string of the molecule is Brc1ccsc1CNCC1CCCCN1. The van der Waals surface area contributed by atoms with Crippen LogP contribution < -0.4 is 10.6 Å². The zero-order valence-corrected chi connectivity index (χ0v) is 11.2. The molecule has 4 heteroatoms. The monoisotopic (exact) mass is 288 g/mol. The lowest BCUT2D eigenvalue weighted by Crippen LogP contribution is -2.41. The fraction of sp³-hybridized carbons (Fsp3) is 0.636. The van der Waals surface area contributed by atoms with E-state index < -0.39 is 0 Å². The van der Waals surface area contributed by atoms with Crippen LogP contribution in [0, 0.1) is 0 Å². The molecular formula is C11H17BrN2S. The summed E-state index contributed by atoms with van der Waals surface area (Å²) in [5.41, 5.74) is 0. The van der Waals surface area contributed by atoms with Crippen LogP contribution in [0.25, 0.3) is 0 Å². The topological polar surface area (TPSA) is 24.1 Å². The van der Waals surface area contributed by atoms with E-state index in [-0.39, 0.29) is 0 Å². The van der Waals surface area contributed by atoms with Crippen LogP contribution in [0.5, 0.6) is 0 Å². The minimum Gasteiger partial charge on any atom is -0.313 e. The molecule has 0 saturated carbocycles. The van der Waals surface area contributed by atoms with Gasteiger partial charge in [0.05, 0.1) is 0 Å². The average molecular weight is 289 g/mol. The van der Waals surface area contributed by atoms with Gasteiger partial charge in [-0.05, 0) is 46.8 Å². The Morgan fingerprint density at radius 1 is 1.53 bits per heavy atom. The van der Waals surface area contributed by atoms with E-state index in [0.29, 0.717) is 6.04 Å². The first kappa shape index (κ1) is 11.6. The van der Waals surface area contributed by atoms with Crippen molar-refractivity contribution in [2.75, 3.05) is 13.1 Å². The summed E-state index contributed by atoms with van der Waals surface area (Å²) in [6, 6.07) is 2.79. The third-order valence-corrected chi connectivity index (χ3v) is 4.71. The molecule has 1 aromatic heterocycles. The summed E-state index contributed by atoms with van der Waals surface area (Å²) < 4.78 is 1.23. The molecule has 1 saturated heterocycles. The molecule has 1 aliphatic heterocycles. The van der Waals surface area contributed by atoms with Crippen molar-refractivity contribution in [1.29, 1.82) is 0 Å². The fourth-order valence-corrected chi connectivity index (χ4v) is 3.37. The average Bonchev–Trinajstić information content (AvgIpc) is 2.66. The van der Waals surface area contributed by atoms with Crippen molar-refractivity contribution < 1.29 is 0 Å². The molecule has 0 amide bonds. The number of nitrogens with one attached hydrogen (secondary N) is 2. The van der Waals surface area contributed by atoms with Gasteiger partial charge in [-0.2, -0.15) is 0 Å². The maximum atomic E-state index is 3.55. The Morgan fingerprint density at radius 3 is 3.13 bits per heavy atom. The van der Waals surface area contributed by atoms with E-state index in [1.807, 2.05) is 0 Å². The predicted molar refractivity (Wildman–Crippen MR) is 69.4 cm³/mol. The highest BCUT2D eigenvalue weighted by Gasteiger charge is 2.11. The highest BCUT2D eigenvalue weighted by Crippen LogP contribution is 2.22. The summed E-state index contributed by atoms with van der Waals surface area (Å²) >= 11 is 5.35. The molecule has 84 valence electrons.